The molecule has 0 aromatic rings. The molecular weight excluding hydrogens is 190 g/mol. The van der Waals surface area contributed by atoms with Gasteiger partial charge in [-0.15, -0.1) is 0 Å². The topological polar surface area (TPSA) is 40.5 Å². The van der Waals surface area contributed by atoms with Crippen molar-refractivity contribution in [3.63, 3.8) is 0 Å². The van der Waals surface area contributed by atoms with E-state index >= 15 is 0 Å². The van der Waals surface area contributed by atoms with Crippen molar-refractivity contribution >= 4 is 5.91 Å². The van der Waals surface area contributed by atoms with Crippen molar-refractivity contribution in [2.75, 3.05) is 13.1 Å². The lowest BCUT2D eigenvalue weighted by molar-refractivity contribution is -0.136. The summed E-state index contributed by atoms with van der Waals surface area (Å²) in [4.78, 5) is 13.7. The molecule has 15 heavy (non-hydrogen) atoms. The van der Waals surface area contributed by atoms with E-state index < -0.39 is 6.10 Å². The highest BCUT2D eigenvalue weighted by Crippen LogP contribution is 2.11. The second-order valence-corrected chi connectivity index (χ2v) is 4.27. The van der Waals surface area contributed by atoms with Gasteiger partial charge in [0.2, 0.25) is 5.91 Å². The Morgan fingerprint density at radius 2 is 1.93 bits per heavy atom. The first-order valence-electron chi connectivity index (χ1n) is 5.99. The molecule has 1 amide bonds. The number of rotatable bonds is 7. The number of carbonyl (C=O) groups is 1. The minimum Gasteiger partial charge on any atom is -0.392 e. The molecule has 1 unspecified atom stereocenters. The molecule has 0 fully saturated rings. The lowest BCUT2D eigenvalue weighted by Gasteiger charge is -2.25. The second kappa shape index (κ2) is 7.69. The normalized spacial score (nSPS) is 14.7. The van der Waals surface area contributed by atoms with Gasteiger partial charge in [-0.1, -0.05) is 26.7 Å². The van der Waals surface area contributed by atoms with Crippen LogP contribution in [0.2, 0.25) is 0 Å². The number of unbranched alkanes of at least 4 members (excludes halogenated alkanes) is 1. The Hall–Kier alpha value is -0.570. The van der Waals surface area contributed by atoms with Gasteiger partial charge in [0.25, 0.3) is 0 Å². The molecule has 0 aromatic heterocycles. The fourth-order valence-corrected chi connectivity index (χ4v) is 1.64. The number of hydrogen-bond acceptors (Lipinski definition) is 2. The maximum atomic E-state index is 11.9. The standard InChI is InChI=1S/C12H25NO2/c1-5-7-8-10(3)12(15)13(6-2)9-11(4)14/h10-11,14H,5-9H2,1-4H3/t10?,11-/m1/s1. The minimum absolute atomic E-state index is 0.0867. The van der Waals surface area contributed by atoms with Gasteiger partial charge >= 0.3 is 0 Å². The van der Waals surface area contributed by atoms with E-state index in [-0.39, 0.29) is 11.8 Å². The Labute approximate surface area is 93.5 Å². The van der Waals surface area contributed by atoms with Gasteiger partial charge in [0.05, 0.1) is 6.10 Å². The van der Waals surface area contributed by atoms with E-state index in [4.69, 9.17) is 0 Å². The van der Waals surface area contributed by atoms with Crippen molar-refractivity contribution in [3.8, 4) is 0 Å². The summed E-state index contributed by atoms with van der Waals surface area (Å²) in [6, 6.07) is 0. The first-order chi connectivity index (χ1) is 7.02. The summed E-state index contributed by atoms with van der Waals surface area (Å²) in [7, 11) is 0. The van der Waals surface area contributed by atoms with E-state index in [9.17, 15) is 9.90 Å². The number of likely N-dealkylation sites (N-methyl/N-ethyl adjacent to an activating group) is 1. The van der Waals surface area contributed by atoms with Crippen molar-refractivity contribution in [3.05, 3.63) is 0 Å². The van der Waals surface area contributed by atoms with Gasteiger partial charge in [-0.2, -0.15) is 0 Å². The highest BCUT2D eigenvalue weighted by Gasteiger charge is 2.19. The molecule has 0 aliphatic heterocycles. The predicted molar refractivity (Wildman–Crippen MR) is 62.6 cm³/mol. The molecule has 3 nitrogen and oxygen atoms in total. The lowest BCUT2D eigenvalue weighted by Crippen LogP contribution is -2.39. The van der Waals surface area contributed by atoms with Gasteiger partial charge in [0.15, 0.2) is 0 Å². The van der Waals surface area contributed by atoms with Gasteiger partial charge in [0.1, 0.15) is 0 Å². The molecule has 0 bridgehead atoms. The third-order valence-electron chi connectivity index (χ3n) is 2.59. The zero-order valence-corrected chi connectivity index (χ0v) is 10.5. The van der Waals surface area contributed by atoms with Crippen LogP contribution in [-0.4, -0.2) is 35.1 Å². The SMILES string of the molecule is CCCCC(C)C(=O)N(CC)C[C@@H](C)O. The molecule has 0 radical (unpaired) electrons. The smallest absolute Gasteiger partial charge is 0.225 e. The van der Waals surface area contributed by atoms with E-state index in [2.05, 4.69) is 6.92 Å². The van der Waals surface area contributed by atoms with Crippen LogP contribution in [0.1, 0.15) is 47.0 Å². The largest absolute Gasteiger partial charge is 0.392 e. The first-order valence-corrected chi connectivity index (χ1v) is 5.99. The molecule has 0 spiro atoms. The third-order valence-corrected chi connectivity index (χ3v) is 2.59. The molecule has 1 N–H and O–H groups in total. The Balaban J connectivity index is 4.12. The zero-order chi connectivity index (χ0) is 11.8. The highest BCUT2D eigenvalue weighted by molar-refractivity contribution is 5.78. The van der Waals surface area contributed by atoms with Crippen LogP contribution in [0.15, 0.2) is 0 Å². The van der Waals surface area contributed by atoms with Crippen molar-refractivity contribution in [1.29, 1.82) is 0 Å². The van der Waals surface area contributed by atoms with E-state index in [1.165, 1.54) is 0 Å². The van der Waals surface area contributed by atoms with E-state index in [0.717, 1.165) is 19.3 Å². The molecule has 0 heterocycles. The molecule has 2 atom stereocenters. The summed E-state index contributed by atoms with van der Waals surface area (Å²) < 4.78 is 0. The van der Waals surface area contributed by atoms with Crippen LogP contribution >= 0.6 is 0 Å². The first kappa shape index (κ1) is 14.4. The number of amides is 1. The summed E-state index contributed by atoms with van der Waals surface area (Å²) in [5, 5.41) is 9.27. The maximum absolute atomic E-state index is 11.9. The zero-order valence-electron chi connectivity index (χ0n) is 10.5. The summed E-state index contributed by atoms with van der Waals surface area (Å²) in [6.45, 7) is 8.90. The average molecular weight is 215 g/mol. The Kier molecular flexibility index (Phi) is 7.39. The van der Waals surface area contributed by atoms with Crippen molar-refractivity contribution in [1.82, 2.24) is 4.90 Å². The molecule has 0 aromatic carbocycles. The molecule has 0 saturated heterocycles. The molecule has 0 saturated carbocycles. The Morgan fingerprint density at radius 1 is 1.33 bits per heavy atom. The predicted octanol–water partition coefficient (Wildman–Crippen LogP) is 2.04. The summed E-state index contributed by atoms with van der Waals surface area (Å²) in [5.41, 5.74) is 0. The average Bonchev–Trinajstić information content (AvgIpc) is 2.21. The van der Waals surface area contributed by atoms with E-state index in [1.807, 2.05) is 13.8 Å². The molecular formula is C12H25NO2. The number of carbonyl (C=O) groups excluding carboxylic acids is 1. The van der Waals surface area contributed by atoms with Crippen LogP contribution in [0.3, 0.4) is 0 Å². The number of aliphatic hydroxyl groups excluding tert-OH is 1. The third kappa shape index (κ3) is 5.78. The number of aliphatic hydroxyl groups is 1. The number of nitrogens with zero attached hydrogens (tertiary/aromatic N) is 1. The number of hydrogen-bond donors (Lipinski definition) is 1. The minimum atomic E-state index is -0.438. The van der Waals surface area contributed by atoms with Crippen LogP contribution in [-0.2, 0) is 4.79 Å². The molecule has 0 aliphatic rings. The lowest BCUT2D eigenvalue weighted by atomic mass is 10.0. The molecule has 3 heteroatoms. The van der Waals surface area contributed by atoms with Crippen LogP contribution < -0.4 is 0 Å². The van der Waals surface area contributed by atoms with Gasteiger partial charge in [-0.05, 0) is 20.3 Å². The highest BCUT2D eigenvalue weighted by atomic mass is 16.3. The summed E-state index contributed by atoms with van der Waals surface area (Å²) in [6.07, 6.45) is 2.73. The quantitative estimate of drug-likeness (QED) is 0.706. The molecule has 0 rings (SSSR count). The van der Waals surface area contributed by atoms with Crippen molar-refractivity contribution < 1.29 is 9.90 Å². The van der Waals surface area contributed by atoms with E-state index in [1.54, 1.807) is 11.8 Å². The van der Waals surface area contributed by atoms with Gasteiger partial charge in [-0.25, -0.2) is 0 Å². The van der Waals surface area contributed by atoms with Gasteiger partial charge in [-0.3, -0.25) is 4.79 Å². The maximum Gasteiger partial charge on any atom is 0.225 e. The van der Waals surface area contributed by atoms with Gasteiger partial charge < -0.3 is 10.0 Å². The molecule has 0 aliphatic carbocycles. The van der Waals surface area contributed by atoms with Gasteiger partial charge in [0, 0.05) is 19.0 Å². The van der Waals surface area contributed by atoms with Crippen molar-refractivity contribution in [2.45, 2.75) is 53.1 Å². The monoisotopic (exact) mass is 215 g/mol. The Morgan fingerprint density at radius 3 is 2.33 bits per heavy atom. The summed E-state index contributed by atoms with van der Waals surface area (Å²) >= 11 is 0. The van der Waals surface area contributed by atoms with Crippen LogP contribution in [0.4, 0.5) is 0 Å². The Bertz CT molecular complexity index is 180. The van der Waals surface area contributed by atoms with Crippen LogP contribution in [0.25, 0.3) is 0 Å². The van der Waals surface area contributed by atoms with E-state index in [0.29, 0.717) is 13.1 Å². The fourth-order valence-electron chi connectivity index (χ4n) is 1.64. The van der Waals surface area contributed by atoms with Crippen molar-refractivity contribution in [2.24, 2.45) is 5.92 Å². The fraction of sp³-hybridized carbons (Fsp3) is 0.917. The van der Waals surface area contributed by atoms with Crippen LogP contribution in [0.5, 0.6) is 0 Å². The summed E-state index contributed by atoms with van der Waals surface area (Å²) in [5.74, 6) is 0.260. The van der Waals surface area contributed by atoms with Crippen LogP contribution in [0, 0.1) is 5.92 Å². The second-order valence-electron chi connectivity index (χ2n) is 4.27. The molecule has 90 valence electrons.